The van der Waals surface area contributed by atoms with E-state index in [9.17, 15) is 9.59 Å². The molecule has 0 aliphatic heterocycles. The first-order valence-corrected chi connectivity index (χ1v) is 6.24. The van der Waals surface area contributed by atoms with Gasteiger partial charge in [0.2, 0.25) is 0 Å². The molecule has 1 atom stereocenters. The van der Waals surface area contributed by atoms with E-state index < -0.39 is 18.1 Å². The maximum atomic E-state index is 11.6. The Morgan fingerprint density at radius 1 is 1.30 bits per heavy atom. The second-order valence-corrected chi connectivity index (χ2v) is 3.92. The van der Waals surface area contributed by atoms with Crippen LogP contribution in [0.1, 0.15) is 18.9 Å². The second kappa shape index (κ2) is 8.59. The minimum atomic E-state index is -0.886. The van der Waals surface area contributed by atoms with Crippen molar-refractivity contribution in [3.63, 3.8) is 0 Å². The Morgan fingerprint density at radius 2 is 2.00 bits per heavy atom. The Labute approximate surface area is 118 Å². The number of terminal acetylenes is 1. The molecule has 0 radical (unpaired) electrons. The fraction of sp³-hybridized carbons (Fsp3) is 0.333. The van der Waals surface area contributed by atoms with Gasteiger partial charge >= 0.3 is 12.1 Å². The largest absolute Gasteiger partial charge is 0.464 e. The fourth-order valence-electron chi connectivity index (χ4n) is 1.46. The van der Waals surface area contributed by atoms with Crippen LogP contribution < -0.4 is 5.32 Å². The average molecular weight is 275 g/mol. The number of nitrogens with one attached hydrogen (secondary N) is 1. The number of carbonyl (C=O) groups excluding carboxylic acids is 2. The van der Waals surface area contributed by atoms with Crippen LogP contribution in [0.3, 0.4) is 0 Å². The van der Waals surface area contributed by atoms with Gasteiger partial charge in [-0.2, -0.15) is 0 Å². The lowest BCUT2D eigenvalue weighted by molar-refractivity contribution is -0.145. The number of carbonyl (C=O) groups is 2. The Morgan fingerprint density at radius 3 is 2.60 bits per heavy atom. The van der Waals surface area contributed by atoms with Gasteiger partial charge in [0.15, 0.2) is 0 Å². The van der Waals surface area contributed by atoms with Crippen LogP contribution in [0.5, 0.6) is 0 Å². The summed E-state index contributed by atoms with van der Waals surface area (Å²) in [6, 6.07) is 8.33. The predicted octanol–water partition coefficient (Wildman–Crippen LogP) is 1.87. The van der Waals surface area contributed by atoms with Gasteiger partial charge in [-0.15, -0.1) is 12.3 Å². The van der Waals surface area contributed by atoms with Crippen molar-refractivity contribution in [1.82, 2.24) is 5.32 Å². The number of rotatable bonds is 6. The zero-order valence-corrected chi connectivity index (χ0v) is 11.3. The summed E-state index contributed by atoms with van der Waals surface area (Å²) in [6.45, 7) is 2.03. The number of benzene rings is 1. The molecule has 0 spiro atoms. The molecule has 1 amide bonds. The molecule has 0 fully saturated rings. The molecule has 1 aromatic rings. The normalized spacial score (nSPS) is 11.0. The summed E-state index contributed by atoms with van der Waals surface area (Å²) in [5.41, 5.74) is 0.854. The highest BCUT2D eigenvalue weighted by Gasteiger charge is 2.21. The van der Waals surface area contributed by atoms with Gasteiger partial charge in [0.25, 0.3) is 0 Å². The molecule has 1 rings (SSSR count). The lowest BCUT2D eigenvalue weighted by atomic mass is 10.2. The zero-order valence-electron chi connectivity index (χ0n) is 11.3. The predicted molar refractivity (Wildman–Crippen MR) is 73.6 cm³/mol. The number of esters is 1. The molecule has 0 saturated heterocycles. The van der Waals surface area contributed by atoms with Gasteiger partial charge < -0.3 is 14.8 Å². The van der Waals surface area contributed by atoms with Crippen molar-refractivity contribution < 1.29 is 19.1 Å². The Hall–Kier alpha value is -2.48. The molecule has 5 heteroatoms. The molecule has 1 aromatic carbocycles. The molecule has 0 aliphatic rings. The summed E-state index contributed by atoms with van der Waals surface area (Å²) in [4.78, 5) is 23.2. The summed E-state index contributed by atoms with van der Waals surface area (Å²) in [5.74, 6) is 1.75. The van der Waals surface area contributed by atoms with E-state index in [2.05, 4.69) is 11.2 Å². The fourth-order valence-corrected chi connectivity index (χ4v) is 1.46. The minimum Gasteiger partial charge on any atom is -0.464 e. The first-order chi connectivity index (χ1) is 9.67. The van der Waals surface area contributed by atoms with Crippen molar-refractivity contribution in [1.29, 1.82) is 0 Å². The Balaban J connectivity index is 2.46. The molecule has 1 unspecified atom stereocenters. The third kappa shape index (κ3) is 5.44. The quantitative estimate of drug-likeness (QED) is 0.636. The number of amides is 1. The Kier molecular flexibility index (Phi) is 6.69. The smallest absolute Gasteiger partial charge is 0.408 e. The molecule has 0 aliphatic carbocycles. The third-order valence-corrected chi connectivity index (χ3v) is 2.40. The van der Waals surface area contributed by atoms with E-state index in [0.29, 0.717) is 0 Å². The number of hydrogen-bond donors (Lipinski definition) is 1. The van der Waals surface area contributed by atoms with Gasteiger partial charge in [-0.1, -0.05) is 30.3 Å². The third-order valence-electron chi connectivity index (χ3n) is 2.40. The highest BCUT2D eigenvalue weighted by molar-refractivity contribution is 5.81. The van der Waals surface area contributed by atoms with Crippen molar-refractivity contribution in [2.45, 2.75) is 26.0 Å². The zero-order chi connectivity index (χ0) is 14.8. The van der Waals surface area contributed by atoms with E-state index in [1.54, 1.807) is 6.92 Å². The molecular formula is C15H17NO4. The van der Waals surface area contributed by atoms with E-state index in [4.69, 9.17) is 15.9 Å². The maximum Gasteiger partial charge on any atom is 0.408 e. The SMILES string of the molecule is C#CCC(NC(=O)OCc1ccccc1)C(=O)OCC. The number of hydrogen-bond acceptors (Lipinski definition) is 4. The molecule has 106 valence electrons. The highest BCUT2D eigenvalue weighted by Crippen LogP contribution is 2.02. The van der Waals surface area contributed by atoms with Gasteiger partial charge in [-0.05, 0) is 12.5 Å². The van der Waals surface area contributed by atoms with Crippen LogP contribution in [0.4, 0.5) is 4.79 Å². The molecule has 0 heterocycles. The molecule has 0 aromatic heterocycles. The topological polar surface area (TPSA) is 64.6 Å². The van der Waals surface area contributed by atoms with Gasteiger partial charge in [-0.25, -0.2) is 9.59 Å². The molecule has 0 bridgehead atoms. The highest BCUT2D eigenvalue weighted by atomic mass is 16.6. The summed E-state index contributed by atoms with van der Waals surface area (Å²) in [5, 5.41) is 2.39. The maximum absolute atomic E-state index is 11.6. The number of ether oxygens (including phenoxy) is 2. The van der Waals surface area contributed by atoms with Crippen LogP contribution in [0, 0.1) is 12.3 Å². The number of alkyl carbamates (subject to hydrolysis) is 1. The molecule has 1 N–H and O–H groups in total. The first-order valence-electron chi connectivity index (χ1n) is 6.24. The van der Waals surface area contributed by atoms with E-state index in [0.717, 1.165) is 5.56 Å². The van der Waals surface area contributed by atoms with Crippen molar-refractivity contribution in [3.8, 4) is 12.3 Å². The summed E-state index contributed by atoms with van der Waals surface area (Å²) < 4.78 is 9.82. The summed E-state index contributed by atoms with van der Waals surface area (Å²) in [6.07, 6.45) is 4.50. The molecule has 20 heavy (non-hydrogen) atoms. The van der Waals surface area contributed by atoms with Crippen LogP contribution in [0.15, 0.2) is 30.3 Å². The van der Waals surface area contributed by atoms with Crippen molar-refractivity contribution in [3.05, 3.63) is 35.9 Å². The first kappa shape index (κ1) is 15.6. The monoisotopic (exact) mass is 275 g/mol. The van der Waals surface area contributed by atoms with Gasteiger partial charge in [0, 0.05) is 6.42 Å². The van der Waals surface area contributed by atoms with Gasteiger partial charge in [0.1, 0.15) is 12.6 Å². The average Bonchev–Trinajstić information content (AvgIpc) is 2.46. The molecular weight excluding hydrogens is 258 g/mol. The van der Waals surface area contributed by atoms with Crippen molar-refractivity contribution in [2.24, 2.45) is 0 Å². The van der Waals surface area contributed by atoms with Gasteiger partial charge in [-0.3, -0.25) is 0 Å². The van der Waals surface area contributed by atoms with E-state index in [1.807, 2.05) is 30.3 Å². The van der Waals surface area contributed by atoms with E-state index >= 15 is 0 Å². The Bertz CT molecular complexity index is 478. The summed E-state index contributed by atoms with van der Waals surface area (Å²) >= 11 is 0. The van der Waals surface area contributed by atoms with Crippen LogP contribution >= 0.6 is 0 Å². The molecule has 5 nitrogen and oxygen atoms in total. The lowest BCUT2D eigenvalue weighted by Crippen LogP contribution is -2.41. The second-order valence-electron chi connectivity index (χ2n) is 3.92. The van der Waals surface area contributed by atoms with E-state index in [-0.39, 0.29) is 19.6 Å². The van der Waals surface area contributed by atoms with Crippen LogP contribution in [-0.2, 0) is 20.9 Å². The summed E-state index contributed by atoms with van der Waals surface area (Å²) in [7, 11) is 0. The van der Waals surface area contributed by atoms with Crippen LogP contribution in [0.2, 0.25) is 0 Å². The van der Waals surface area contributed by atoms with Gasteiger partial charge in [0.05, 0.1) is 6.61 Å². The molecule has 0 saturated carbocycles. The van der Waals surface area contributed by atoms with E-state index in [1.165, 1.54) is 0 Å². The van der Waals surface area contributed by atoms with Crippen molar-refractivity contribution in [2.75, 3.05) is 6.61 Å². The minimum absolute atomic E-state index is 0.0548. The van der Waals surface area contributed by atoms with Crippen molar-refractivity contribution >= 4 is 12.1 Å². The standard InChI is InChI=1S/C15H17NO4/c1-3-8-13(14(17)19-4-2)16-15(18)20-11-12-9-6-5-7-10-12/h1,5-7,9-10,13H,4,8,11H2,2H3,(H,16,18). The lowest BCUT2D eigenvalue weighted by Gasteiger charge is -2.14. The van der Waals surface area contributed by atoms with Crippen LogP contribution in [0.25, 0.3) is 0 Å². The van der Waals surface area contributed by atoms with Crippen LogP contribution in [-0.4, -0.2) is 24.7 Å².